The lowest BCUT2D eigenvalue weighted by atomic mass is 10.0. The van der Waals surface area contributed by atoms with Gasteiger partial charge in [-0.1, -0.05) is 6.07 Å². The number of amides is 1. The summed E-state index contributed by atoms with van der Waals surface area (Å²) >= 11 is 0. The number of anilines is 2. The molecule has 1 heterocycles. The zero-order valence-electron chi connectivity index (χ0n) is 17.3. The Bertz CT molecular complexity index is 1000. The molecule has 1 N–H and O–H groups in total. The van der Waals surface area contributed by atoms with Crippen molar-refractivity contribution in [2.45, 2.75) is 18.6 Å². The highest BCUT2D eigenvalue weighted by Gasteiger charge is 2.23. The van der Waals surface area contributed by atoms with Crippen LogP contribution in [0.3, 0.4) is 0 Å². The number of benzene rings is 2. The van der Waals surface area contributed by atoms with E-state index in [4.69, 9.17) is 14.2 Å². The van der Waals surface area contributed by atoms with Gasteiger partial charge in [0.1, 0.15) is 18.1 Å². The number of methoxy groups -OCH3 is 3. The van der Waals surface area contributed by atoms with Crippen LogP contribution in [0.15, 0.2) is 36.4 Å². The molecule has 162 valence electrons. The minimum absolute atomic E-state index is 0.0208. The van der Waals surface area contributed by atoms with Crippen LogP contribution < -0.4 is 19.1 Å². The summed E-state index contributed by atoms with van der Waals surface area (Å²) in [6.07, 6.45) is 1.69. The molecule has 0 fully saturated rings. The normalized spacial score (nSPS) is 13.5. The van der Waals surface area contributed by atoms with Gasteiger partial charge in [0.05, 0.1) is 25.7 Å². The molecule has 2 aromatic carbocycles. The number of ether oxygens (including phenoxy) is 3. The molecule has 8 nitrogen and oxygen atoms in total. The Labute approximate surface area is 176 Å². The number of aryl methyl sites for hydroxylation is 1. The number of sulfonamides is 1. The van der Waals surface area contributed by atoms with Crippen LogP contribution in [0.25, 0.3) is 0 Å². The molecule has 3 rings (SSSR count). The van der Waals surface area contributed by atoms with E-state index < -0.39 is 10.0 Å². The summed E-state index contributed by atoms with van der Waals surface area (Å²) in [4.78, 5) is 14.0. The van der Waals surface area contributed by atoms with Gasteiger partial charge >= 0.3 is 0 Å². The van der Waals surface area contributed by atoms with Crippen LogP contribution in [-0.2, 0) is 31.7 Å². The van der Waals surface area contributed by atoms with E-state index in [1.54, 1.807) is 35.2 Å². The highest BCUT2D eigenvalue weighted by atomic mass is 32.2. The Balaban J connectivity index is 1.82. The maximum absolute atomic E-state index is 12.8. The number of nitrogens with one attached hydrogen (secondary N) is 1. The molecule has 1 amide bonds. The largest absolute Gasteiger partial charge is 0.497 e. The number of carbonyl (C=O) groups excluding carboxylic acids is 1. The molecule has 0 unspecified atom stereocenters. The summed E-state index contributed by atoms with van der Waals surface area (Å²) in [5.41, 5.74) is 2.66. The van der Waals surface area contributed by atoms with Crippen molar-refractivity contribution < 1.29 is 27.4 Å². The van der Waals surface area contributed by atoms with E-state index in [-0.39, 0.29) is 18.3 Å². The summed E-state index contributed by atoms with van der Waals surface area (Å²) in [5, 5.41) is 0. The Kier molecular flexibility index (Phi) is 6.84. The van der Waals surface area contributed by atoms with Crippen LogP contribution in [0.2, 0.25) is 0 Å². The van der Waals surface area contributed by atoms with Gasteiger partial charge in [-0.3, -0.25) is 9.52 Å². The molecular weight excluding hydrogens is 408 g/mol. The number of carbonyl (C=O) groups is 1. The van der Waals surface area contributed by atoms with Gasteiger partial charge in [0, 0.05) is 25.4 Å². The fourth-order valence-corrected chi connectivity index (χ4v) is 4.65. The second-order valence-corrected chi connectivity index (χ2v) is 8.73. The maximum atomic E-state index is 12.8. The Hall–Kier alpha value is -2.78. The van der Waals surface area contributed by atoms with Crippen molar-refractivity contribution in [1.29, 1.82) is 0 Å². The lowest BCUT2D eigenvalue weighted by Crippen LogP contribution is -2.37. The monoisotopic (exact) mass is 434 g/mol. The quantitative estimate of drug-likeness (QED) is 0.686. The van der Waals surface area contributed by atoms with E-state index in [9.17, 15) is 13.2 Å². The van der Waals surface area contributed by atoms with Crippen LogP contribution in [0.1, 0.15) is 17.5 Å². The second-order valence-electron chi connectivity index (χ2n) is 7.01. The molecule has 2 aromatic rings. The molecule has 0 aromatic heterocycles. The van der Waals surface area contributed by atoms with E-state index in [0.29, 0.717) is 35.0 Å². The van der Waals surface area contributed by atoms with Crippen LogP contribution in [0.5, 0.6) is 11.5 Å². The Morgan fingerprint density at radius 2 is 1.77 bits per heavy atom. The van der Waals surface area contributed by atoms with Crippen molar-refractivity contribution in [2.75, 3.05) is 44.1 Å². The number of hydrogen-bond donors (Lipinski definition) is 1. The van der Waals surface area contributed by atoms with Gasteiger partial charge in [-0.2, -0.15) is 0 Å². The summed E-state index contributed by atoms with van der Waals surface area (Å²) in [6.45, 7) is 0.558. The fourth-order valence-electron chi connectivity index (χ4n) is 3.48. The SMILES string of the molecule is COCC(=O)N1CCCc2ccc(NS(=O)(=O)Cc3cc(OC)cc(OC)c3)cc21. The number of rotatable bonds is 8. The minimum atomic E-state index is -3.70. The van der Waals surface area contributed by atoms with Gasteiger partial charge in [-0.05, 0) is 48.2 Å². The topological polar surface area (TPSA) is 94.2 Å². The molecule has 0 bridgehead atoms. The fraction of sp³-hybridized carbons (Fsp3) is 0.381. The lowest BCUT2D eigenvalue weighted by Gasteiger charge is -2.30. The first-order valence-electron chi connectivity index (χ1n) is 9.50. The molecule has 0 saturated carbocycles. The van der Waals surface area contributed by atoms with E-state index in [1.165, 1.54) is 21.3 Å². The molecule has 30 heavy (non-hydrogen) atoms. The minimum Gasteiger partial charge on any atom is -0.497 e. The van der Waals surface area contributed by atoms with Crippen LogP contribution >= 0.6 is 0 Å². The Morgan fingerprint density at radius 3 is 2.40 bits per heavy atom. The van der Waals surface area contributed by atoms with E-state index in [2.05, 4.69) is 4.72 Å². The highest BCUT2D eigenvalue weighted by Crippen LogP contribution is 2.31. The molecule has 0 saturated heterocycles. The predicted molar refractivity (Wildman–Crippen MR) is 115 cm³/mol. The molecule has 0 atom stereocenters. The smallest absolute Gasteiger partial charge is 0.252 e. The maximum Gasteiger partial charge on any atom is 0.252 e. The molecule has 0 radical (unpaired) electrons. The number of nitrogens with zero attached hydrogens (tertiary/aromatic N) is 1. The van der Waals surface area contributed by atoms with Gasteiger partial charge < -0.3 is 19.1 Å². The zero-order valence-corrected chi connectivity index (χ0v) is 18.1. The third kappa shape index (κ3) is 5.22. The van der Waals surface area contributed by atoms with Gasteiger partial charge in [-0.25, -0.2) is 8.42 Å². The van der Waals surface area contributed by atoms with Gasteiger partial charge in [0.2, 0.25) is 10.0 Å². The molecule has 1 aliphatic rings. The predicted octanol–water partition coefficient (Wildman–Crippen LogP) is 2.57. The van der Waals surface area contributed by atoms with Crippen molar-refractivity contribution in [3.63, 3.8) is 0 Å². The first-order chi connectivity index (χ1) is 14.3. The van der Waals surface area contributed by atoms with Crippen molar-refractivity contribution in [3.8, 4) is 11.5 Å². The highest BCUT2D eigenvalue weighted by molar-refractivity contribution is 7.91. The van der Waals surface area contributed by atoms with Crippen LogP contribution in [0.4, 0.5) is 11.4 Å². The summed E-state index contributed by atoms with van der Waals surface area (Å²) < 4.78 is 43.5. The van der Waals surface area contributed by atoms with Gasteiger partial charge in [0.25, 0.3) is 5.91 Å². The first-order valence-corrected chi connectivity index (χ1v) is 11.1. The van der Waals surface area contributed by atoms with Gasteiger partial charge in [-0.15, -0.1) is 0 Å². The summed E-state index contributed by atoms with van der Waals surface area (Å²) in [6, 6.07) is 10.3. The van der Waals surface area contributed by atoms with Crippen molar-refractivity contribution in [2.24, 2.45) is 0 Å². The van der Waals surface area contributed by atoms with Crippen molar-refractivity contribution >= 4 is 27.3 Å². The average molecular weight is 435 g/mol. The molecule has 9 heteroatoms. The van der Waals surface area contributed by atoms with E-state index in [1.807, 2.05) is 6.07 Å². The molecule has 1 aliphatic heterocycles. The third-order valence-corrected chi connectivity index (χ3v) is 6.07. The number of fused-ring (bicyclic) bond motifs is 1. The van der Waals surface area contributed by atoms with Gasteiger partial charge in [0.15, 0.2) is 0 Å². The second kappa shape index (κ2) is 9.36. The molecule has 0 spiro atoms. The first kappa shape index (κ1) is 21.9. The molecule has 0 aliphatic carbocycles. The third-order valence-electron chi connectivity index (χ3n) is 4.81. The summed E-state index contributed by atoms with van der Waals surface area (Å²) in [5.74, 6) is 0.632. The Morgan fingerprint density at radius 1 is 1.07 bits per heavy atom. The van der Waals surface area contributed by atoms with E-state index in [0.717, 1.165) is 18.4 Å². The molecular formula is C21H26N2O6S. The van der Waals surface area contributed by atoms with Crippen LogP contribution in [0, 0.1) is 0 Å². The standard InChI is InChI=1S/C21H26N2O6S/c1-27-13-21(24)23-8-4-5-16-6-7-17(11-20(16)23)22-30(25,26)14-15-9-18(28-2)12-19(10-15)29-3/h6-7,9-12,22H,4-5,8,13-14H2,1-3H3. The van der Waals surface area contributed by atoms with Crippen molar-refractivity contribution in [3.05, 3.63) is 47.5 Å². The van der Waals surface area contributed by atoms with E-state index >= 15 is 0 Å². The zero-order chi connectivity index (χ0) is 21.7. The lowest BCUT2D eigenvalue weighted by molar-refractivity contribution is -0.122. The van der Waals surface area contributed by atoms with Crippen LogP contribution in [-0.4, -0.2) is 48.8 Å². The average Bonchev–Trinajstić information content (AvgIpc) is 2.72. The summed E-state index contributed by atoms with van der Waals surface area (Å²) in [7, 11) is 0.790. The number of hydrogen-bond acceptors (Lipinski definition) is 6. The van der Waals surface area contributed by atoms with Crippen molar-refractivity contribution in [1.82, 2.24) is 0 Å².